The fraction of sp³-hybridized carbons (Fsp3) is 0.300. The number of pyridine rings is 1. The summed E-state index contributed by atoms with van der Waals surface area (Å²) in [4.78, 5) is 21.3. The molecule has 2 aromatic heterocycles. The second-order valence-corrected chi connectivity index (χ2v) is 10.5. The molecule has 1 aromatic carbocycles. The number of aryl methyl sites for hydroxylation is 1. The van der Waals surface area contributed by atoms with Crippen LogP contribution in [0.2, 0.25) is 5.02 Å². The number of hydrogen-bond donors (Lipinski definition) is 1. The van der Waals surface area contributed by atoms with Gasteiger partial charge in [-0.1, -0.05) is 11.6 Å². The van der Waals surface area contributed by atoms with Gasteiger partial charge < -0.3 is 10.1 Å². The first-order chi connectivity index (χ1) is 15.7. The van der Waals surface area contributed by atoms with E-state index in [0.29, 0.717) is 23.2 Å². The smallest absolute Gasteiger partial charge is 0.406 e. The van der Waals surface area contributed by atoms with Crippen molar-refractivity contribution in [1.29, 1.82) is 0 Å². The highest BCUT2D eigenvalue weighted by Crippen LogP contribution is 2.27. The largest absolute Gasteiger partial charge is 0.573 e. The van der Waals surface area contributed by atoms with E-state index in [4.69, 9.17) is 11.6 Å². The van der Waals surface area contributed by atoms with Crippen molar-refractivity contribution in [2.24, 2.45) is 4.36 Å². The number of nitrogens with one attached hydrogen (secondary N) is 1. The number of benzene rings is 1. The Morgan fingerprint density at radius 1 is 1.26 bits per heavy atom. The van der Waals surface area contributed by atoms with E-state index in [-0.39, 0.29) is 10.6 Å². The van der Waals surface area contributed by atoms with Gasteiger partial charge in [-0.25, -0.2) is 14.2 Å². The summed E-state index contributed by atoms with van der Waals surface area (Å²) in [5.41, 5.74) is 0.296. The maximum absolute atomic E-state index is 12.7. The van der Waals surface area contributed by atoms with Gasteiger partial charge in [0.25, 0.3) is 5.91 Å². The SMILES string of the molecule is Cc1nc([C@H](C)NC(=O)c2cc(Cl)cc(OC(F)(F)F)c2)n(-c2ccc(N=S(C)(C)=O)cn2)n1. The van der Waals surface area contributed by atoms with Crippen molar-refractivity contribution in [2.45, 2.75) is 26.3 Å². The second kappa shape index (κ2) is 9.58. The number of aromatic nitrogens is 4. The van der Waals surface area contributed by atoms with Crippen LogP contribution < -0.4 is 10.1 Å². The number of carbonyl (C=O) groups excluding carboxylic acids is 1. The van der Waals surface area contributed by atoms with Gasteiger partial charge in [0.15, 0.2) is 11.6 Å². The Morgan fingerprint density at radius 3 is 2.56 bits per heavy atom. The quantitative estimate of drug-likeness (QED) is 0.520. The molecule has 14 heteroatoms. The number of nitrogens with zero attached hydrogens (tertiary/aromatic N) is 5. The summed E-state index contributed by atoms with van der Waals surface area (Å²) < 4.78 is 58.8. The molecule has 9 nitrogen and oxygen atoms in total. The number of ether oxygens (including phenoxy) is 1. The third-order valence-electron chi connectivity index (χ3n) is 4.11. The average molecular weight is 517 g/mol. The monoisotopic (exact) mass is 516 g/mol. The van der Waals surface area contributed by atoms with Crippen LogP contribution in [0.4, 0.5) is 18.9 Å². The molecule has 1 N–H and O–H groups in total. The number of carbonyl (C=O) groups is 1. The summed E-state index contributed by atoms with van der Waals surface area (Å²) in [6.45, 7) is 3.28. The number of hydrogen-bond acceptors (Lipinski definition) is 7. The third kappa shape index (κ3) is 6.90. The van der Waals surface area contributed by atoms with Gasteiger partial charge >= 0.3 is 6.36 Å². The van der Waals surface area contributed by atoms with Gasteiger partial charge in [0.1, 0.15) is 11.6 Å². The number of amides is 1. The molecule has 1 amide bonds. The topological polar surface area (TPSA) is 111 Å². The highest BCUT2D eigenvalue weighted by molar-refractivity contribution is 7.92. The van der Waals surface area contributed by atoms with Crippen LogP contribution in [0, 0.1) is 6.92 Å². The van der Waals surface area contributed by atoms with Crippen LogP contribution in [0.1, 0.15) is 35.0 Å². The van der Waals surface area contributed by atoms with Crippen LogP contribution in [0.3, 0.4) is 0 Å². The van der Waals surface area contributed by atoms with E-state index >= 15 is 0 Å². The minimum atomic E-state index is -4.93. The molecular weight excluding hydrogens is 497 g/mol. The predicted octanol–water partition coefficient (Wildman–Crippen LogP) is 4.37. The zero-order valence-corrected chi connectivity index (χ0v) is 20.0. The Hall–Kier alpha value is -3.19. The number of alkyl halides is 3. The fourth-order valence-corrected chi connectivity index (χ4v) is 3.76. The standard InChI is InChI=1S/C20H20ClF3N6O3S/c1-11(26-19(31)13-7-14(21)9-16(8-13)33-20(22,23)24)18-27-12(2)28-30(18)17-6-5-15(10-25-17)29-34(3,4)32/h5-11H,1-4H3,(H,26,31)/t11-/m0/s1. The molecule has 2 heterocycles. The molecule has 1 atom stereocenters. The van der Waals surface area contributed by atoms with Gasteiger partial charge in [-0.3, -0.25) is 4.79 Å². The van der Waals surface area contributed by atoms with E-state index in [9.17, 15) is 22.2 Å². The summed E-state index contributed by atoms with van der Waals surface area (Å²) in [6, 6.07) is 5.61. The minimum absolute atomic E-state index is 0.101. The van der Waals surface area contributed by atoms with E-state index in [0.717, 1.165) is 12.1 Å². The minimum Gasteiger partial charge on any atom is -0.406 e. The molecular formula is C20H20ClF3N6O3S. The Bertz CT molecular complexity index is 1330. The molecule has 0 bridgehead atoms. The van der Waals surface area contributed by atoms with Gasteiger partial charge in [0.05, 0.1) is 17.9 Å². The average Bonchev–Trinajstić information content (AvgIpc) is 3.07. The summed E-state index contributed by atoms with van der Waals surface area (Å²) >= 11 is 5.85. The van der Waals surface area contributed by atoms with Crippen LogP contribution in [0.25, 0.3) is 5.82 Å². The fourth-order valence-electron chi connectivity index (χ4n) is 2.92. The predicted molar refractivity (Wildman–Crippen MR) is 120 cm³/mol. The lowest BCUT2D eigenvalue weighted by molar-refractivity contribution is -0.274. The molecule has 0 unspecified atom stereocenters. The van der Waals surface area contributed by atoms with E-state index in [1.165, 1.54) is 29.5 Å². The van der Waals surface area contributed by atoms with Gasteiger partial charge in [-0.2, -0.15) is 9.04 Å². The third-order valence-corrected chi connectivity index (χ3v) is 4.98. The van der Waals surface area contributed by atoms with Crippen molar-refractivity contribution in [3.05, 3.63) is 58.8 Å². The lowest BCUT2D eigenvalue weighted by atomic mass is 10.2. The van der Waals surface area contributed by atoms with Crippen LogP contribution in [-0.2, 0) is 9.73 Å². The molecule has 34 heavy (non-hydrogen) atoms. The van der Waals surface area contributed by atoms with E-state index in [2.05, 4.69) is 29.5 Å². The summed E-state index contributed by atoms with van der Waals surface area (Å²) in [7, 11) is -2.36. The van der Waals surface area contributed by atoms with Crippen molar-refractivity contribution in [3.63, 3.8) is 0 Å². The maximum atomic E-state index is 12.7. The molecule has 0 fully saturated rings. The lowest BCUT2D eigenvalue weighted by Crippen LogP contribution is -2.29. The number of rotatable bonds is 6. The molecule has 0 radical (unpaired) electrons. The Balaban J connectivity index is 1.85. The molecule has 0 saturated carbocycles. The lowest BCUT2D eigenvalue weighted by Gasteiger charge is -2.15. The molecule has 0 saturated heterocycles. The van der Waals surface area contributed by atoms with Crippen LogP contribution in [0.5, 0.6) is 5.75 Å². The zero-order chi connectivity index (χ0) is 25.3. The Kier molecular flexibility index (Phi) is 7.17. The van der Waals surface area contributed by atoms with Crippen molar-refractivity contribution in [3.8, 4) is 11.6 Å². The first kappa shape index (κ1) is 25.4. The Labute approximate surface area is 198 Å². The molecule has 3 rings (SSSR count). The van der Waals surface area contributed by atoms with Crippen LogP contribution >= 0.6 is 11.6 Å². The van der Waals surface area contributed by atoms with E-state index in [1.54, 1.807) is 26.0 Å². The zero-order valence-electron chi connectivity index (χ0n) is 18.4. The van der Waals surface area contributed by atoms with Gasteiger partial charge in [0, 0.05) is 32.8 Å². The molecule has 0 aliphatic heterocycles. The molecule has 182 valence electrons. The van der Waals surface area contributed by atoms with Crippen LogP contribution in [0.15, 0.2) is 40.9 Å². The van der Waals surface area contributed by atoms with E-state index in [1.807, 2.05) is 0 Å². The molecule has 0 aliphatic rings. The molecule has 0 aliphatic carbocycles. The van der Waals surface area contributed by atoms with Crippen molar-refractivity contribution < 1.29 is 26.9 Å². The summed E-state index contributed by atoms with van der Waals surface area (Å²) in [5, 5.41) is 6.85. The Morgan fingerprint density at radius 2 is 1.97 bits per heavy atom. The van der Waals surface area contributed by atoms with Gasteiger partial charge in [-0.15, -0.1) is 18.3 Å². The highest BCUT2D eigenvalue weighted by Gasteiger charge is 2.31. The van der Waals surface area contributed by atoms with Gasteiger partial charge in [-0.05, 0) is 44.2 Å². The molecule has 0 spiro atoms. The van der Waals surface area contributed by atoms with Crippen LogP contribution in [-0.4, -0.2) is 48.7 Å². The van der Waals surface area contributed by atoms with Gasteiger partial charge in [0.2, 0.25) is 0 Å². The van der Waals surface area contributed by atoms with Crippen molar-refractivity contribution in [1.82, 2.24) is 25.1 Å². The summed E-state index contributed by atoms with van der Waals surface area (Å²) in [5.74, 6) is -0.211. The first-order valence-electron chi connectivity index (χ1n) is 9.64. The van der Waals surface area contributed by atoms with Crippen molar-refractivity contribution >= 4 is 32.9 Å². The first-order valence-corrected chi connectivity index (χ1v) is 12.4. The molecule has 3 aromatic rings. The maximum Gasteiger partial charge on any atom is 0.573 e. The number of halogens is 4. The highest BCUT2D eigenvalue weighted by atomic mass is 35.5. The summed E-state index contributed by atoms with van der Waals surface area (Å²) in [6.07, 6.45) is -0.495. The van der Waals surface area contributed by atoms with E-state index < -0.39 is 33.8 Å². The normalized spacial score (nSPS) is 12.8. The van der Waals surface area contributed by atoms with Crippen molar-refractivity contribution in [2.75, 3.05) is 12.5 Å². The second-order valence-electron chi connectivity index (χ2n) is 7.49.